The molecule has 0 saturated heterocycles. The van der Waals surface area contributed by atoms with Crippen LogP contribution in [0.1, 0.15) is 0 Å². The topological polar surface area (TPSA) is 79.7 Å². The molecule has 0 unspecified atom stereocenters. The van der Waals surface area contributed by atoms with Crippen molar-refractivity contribution < 1.29 is 18.6 Å². The molecule has 0 fully saturated rings. The normalized spacial score (nSPS) is 11.1. The molecule has 0 N–H and O–H groups in total. The van der Waals surface area contributed by atoms with E-state index in [1.807, 2.05) is 6.07 Å². The standard InChI is InChI=1S/C26H19FN2O5S/c1-32-18-11-14(12-19(33-2)23(18)34-3)24-28-25-21(22(30)17-9-4-5-10-20(17)35-25)26(31)29(24)16-8-6-7-15(27)13-16/h4-13H,1-3H3. The summed E-state index contributed by atoms with van der Waals surface area (Å²) in [6, 6.07) is 15.9. The number of benzene rings is 3. The SMILES string of the molecule is COc1cc(-c2nc3sc4ccccc4c(=O)c3c(=O)n2-c2cccc(F)c2)cc(OC)c1OC. The fourth-order valence-electron chi connectivity index (χ4n) is 4.01. The summed E-state index contributed by atoms with van der Waals surface area (Å²) in [5.74, 6) is 0.740. The number of nitrogens with zero attached hydrogens (tertiary/aromatic N) is 2. The summed E-state index contributed by atoms with van der Waals surface area (Å²) < 4.78 is 32.5. The molecule has 0 saturated carbocycles. The number of aromatic nitrogens is 2. The van der Waals surface area contributed by atoms with Crippen LogP contribution in [0.25, 0.3) is 37.4 Å². The van der Waals surface area contributed by atoms with Gasteiger partial charge in [0.2, 0.25) is 11.2 Å². The Balaban J connectivity index is 1.96. The maximum Gasteiger partial charge on any atom is 0.271 e. The van der Waals surface area contributed by atoms with Crippen LogP contribution in [0.3, 0.4) is 0 Å². The first-order chi connectivity index (χ1) is 17.0. The second kappa shape index (κ2) is 8.84. The van der Waals surface area contributed by atoms with Crippen molar-refractivity contribution in [3.05, 3.63) is 87.1 Å². The third-order valence-electron chi connectivity index (χ3n) is 5.60. The number of rotatable bonds is 5. The first kappa shape index (κ1) is 22.5. The predicted octanol–water partition coefficient (Wildman–Crippen LogP) is 4.79. The van der Waals surface area contributed by atoms with Gasteiger partial charge < -0.3 is 14.2 Å². The highest BCUT2D eigenvalue weighted by Gasteiger charge is 2.22. The lowest BCUT2D eigenvalue weighted by atomic mass is 10.1. The largest absolute Gasteiger partial charge is 0.493 e. The van der Waals surface area contributed by atoms with E-state index in [1.54, 1.807) is 36.4 Å². The fourth-order valence-corrected chi connectivity index (χ4v) is 5.05. The third-order valence-corrected chi connectivity index (χ3v) is 6.67. The van der Waals surface area contributed by atoms with Crippen molar-refractivity contribution in [1.82, 2.24) is 9.55 Å². The predicted molar refractivity (Wildman–Crippen MR) is 134 cm³/mol. The lowest BCUT2D eigenvalue weighted by molar-refractivity contribution is 0.324. The summed E-state index contributed by atoms with van der Waals surface area (Å²) in [5.41, 5.74) is -0.342. The molecular formula is C26H19FN2O5S. The van der Waals surface area contributed by atoms with Gasteiger partial charge in [0.05, 0.1) is 27.0 Å². The second-order valence-corrected chi connectivity index (χ2v) is 8.61. The molecular weight excluding hydrogens is 471 g/mol. The van der Waals surface area contributed by atoms with E-state index in [2.05, 4.69) is 0 Å². The van der Waals surface area contributed by atoms with Crippen LogP contribution >= 0.6 is 11.3 Å². The molecule has 2 aromatic heterocycles. The van der Waals surface area contributed by atoms with E-state index in [4.69, 9.17) is 19.2 Å². The maximum atomic E-state index is 14.2. The van der Waals surface area contributed by atoms with Gasteiger partial charge in [-0.15, -0.1) is 11.3 Å². The lowest BCUT2D eigenvalue weighted by Gasteiger charge is -2.17. The van der Waals surface area contributed by atoms with E-state index in [0.717, 1.165) is 0 Å². The molecule has 9 heteroatoms. The minimum absolute atomic E-state index is 0.0610. The van der Waals surface area contributed by atoms with Gasteiger partial charge in [-0.3, -0.25) is 14.2 Å². The number of methoxy groups -OCH3 is 3. The van der Waals surface area contributed by atoms with Crippen molar-refractivity contribution >= 4 is 31.6 Å². The number of hydrogen-bond donors (Lipinski definition) is 0. The van der Waals surface area contributed by atoms with Gasteiger partial charge in [0.25, 0.3) is 5.56 Å². The van der Waals surface area contributed by atoms with Crippen molar-refractivity contribution in [3.8, 4) is 34.3 Å². The summed E-state index contributed by atoms with van der Waals surface area (Å²) >= 11 is 1.24. The fraction of sp³-hybridized carbons (Fsp3) is 0.115. The zero-order chi connectivity index (χ0) is 24.7. The Morgan fingerprint density at radius 1 is 0.886 bits per heavy atom. The Hall–Kier alpha value is -4.24. The highest BCUT2D eigenvalue weighted by atomic mass is 32.1. The van der Waals surface area contributed by atoms with Gasteiger partial charge in [-0.05, 0) is 42.5 Å². The van der Waals surface area contributed by atoms with Crippen LogP contribution < -0.4 is 25.2 Å². The van der Waals surface area contributed by atoms with Crippen LogP contribution in [-0.2, 0) is 0 Å². The number of hydrogen-bond acceptors (Lipinski definition) is 7. The van der Waals surface area contributed by atoms with Gasteiger partial charge in [0.15, 0.2) is 11.5 Å². The molecule has 2 heterocycles. The van der Waals surface area contributed by atoms with Gasteiger partial charge in [-0.2, -0.15) is 0 Å². The molecule has 5 rings (SSSR count). The van der Waals surface area contributed by atoms with E-state index in [-0.39, 0.29) is 21.7 Å². The zero-order valence-corrected chi connectivity index (χ0v) is 19.8. The Labute approximate surface area is 202 Å². The highest BCUT2D eigenvalue weighted by Crippen LogP contribution is 2.41. The van der Waals surface area contributed by atoms with Crippen molar-refractivity contribution in [2.45, 2.75) is 0 Å². The summed E-state index contributed by atoms with van der Waals surface area (Å²) in [4.78, 5) is 32.2. The Morgan fingerprint density at radius 2 is 1.60 bits per heavy atom. The van der Waals surface area contributed by atoms with Gasteiger partial charge >= 0.3 is 0 Å². The van der Waals surface area contributed by atoms with Crippen molar-refractivity contribution in [1.29, 1.82) is 0 Å². The van der Waals surface area contributed by atoms with Gasteiger partial charge in [0.1, 0.15) is 21.9 Å². The summed E-state index contributed by atoms with van der Waals surface area (Å²) in [5, 5.41) is 0.365. The van der Waals surface area contributed by atoms with Crippen molar-refractivity contribution in [2.24, 2.45) is 0 Å². The molecule has 0 bridgehead atoms. The molecule has 35 heavy (non-hydrogen) atoms. The van der Waals surface area contributed by atoms with Crippen LogP contribution in [0.5, 0.6) is 17.2 Å². The Bertz CT molecular complexity index is 1700. The average Bonchev–Trinajstić information content (AvgIpc) is 2.87. The molecule has 0 atom stereocenters. The minimum Gasteiger partial charge on any atom is -0.493 e. The number of ether oxygens (including phenoxy) is 3. The quantitative estimate of drug-likeness (QED) is 0.330. The average molecular weight is 491 g/mol. The van der Waals surface area contributed by atoms with Crippen molar-refractivity contribution in [3.63, 3.8) is 0 Å². The van der Waals surface area contributed by atoms with Gasteiger partial charge in [-0.25, -0.2) is 9.37 Å². The smallest absolute Gasteiger partial charge is 0.271 e. The molecule has 0 aliphatic carbocycles. The summed E-state index contributed by atoms with van der Waals surface area (Å²) in [6.45, 7) is 0. The van der Waals surface area contributed by atoms with Crippen LogP contribution in [0.4, 0.5) is 4.39 Å². The first-order valence-corrected chi connectivity index (χ1v) is 11.3. The van der Waals surface area contributed by atoms with E-state index in [9.17, 15) is 14.0 Å². The first-order valence-electron chi connectivity index (χ1n) is 10.5. The molecule has 0 aliphatic rings. The highest BCUT2D eigenvalue weighted by molar-refractivity contribution is 7.24. The van der Waals surface area contributed by atoms with Gasteiger partial charge in [-0.1, -0.05) is 18.2 Å². The van der Waals surface area contributed by atoms with Gasteiger partial charge in [0, 0.05) is 15.6 Å². The van der Waals surface area contributed by atoms with Crippen LogP contribution in [0.2, 0.25) is 0 Å². The second-order valence-electron chi connectivity index (χ2n) is 7.58. The van der Waals surface area contributed by atoms with Crippen LogP contribution in [0.15, 0.2) is 70.3 Å². The molecule has 3 aromatic carbocycles. The summed E-state index contributed by atoms with van der Waals surface area (Å²) in [7, 11) is 4.44. The number of fused-ring (bicyclic) bond motifs is 2. The minimum atomic E-state index is -0.601. The molecule has 0 amide bonds. The van der Waals surface area contributed by atoms with E-state index in [1.165, 1.54) is 55.4 Å². The van der Waals surface area contributed by atoms with Crippen molar-refractivity contribution in [2.75, 3.05) is 21.3 Å². The van der Waals surface area contributed by atoms with E-state index >= 15 is 0 Å². The third kappa shape index (κ3) is 3.70. The molecule has 0 aliphatic heterocycles. The van der Waals surface area contributed by atoms with E-state index in [0.29, 0.717) is 32.9 Å². The Morgan fingerprint density at radius 3 is 2.26 bits per heavy atom. The number of halogens is 1. The Kier molecular flexibility index (Phi) is 5.70. The molecule has 176 valence electrons. The molecule has 7 nitrogen and oxygen atoms in total. The zero-order valence-electron chi connectivity index (χ0n) is 19.0. The summed E-state index contributed by atoms with van der Waals surface area (Å²) in [6.07, 6.45) is 0. The lowest BCUT2D eigenvalue weighted by Crippen LogP contribution is -2.26. The molecule has 0 spiro atoms. The van der Waals surface area contributed by atoms with Crippen LogP contribution in [-0.4, -0.2) is 30.9 Å². The van der Waals surface area contributed by atoms with E-state index < -0.39 is 16.8 Å². The van der Waals surface area contributed by atoms with Crippen LogP contribution in [0, 0.1) is 5.82 Å². The monoisotopic (exact) mass is 490 g/mol. The molecule has 0 radical (unpaired) electrons. The molecule has 5 aromatic rings. The maximum absolute atomic E-state index is 14.2.